The lowest BCUT2D eigenvalue weighted by atomic mass is 10.2. The van der Waals surface area contributed by atoms with E-state index in [1.807, 2.05) is 13.0 Å². The van der Waals surface area contributed by atoms with Gasteiger partial charge in [0.05, 0.1) is 11.4 Å². The second-order valence-electron chi connectivity index (χ2n) is 5.54. The number of benzene rings is 1. The minimum absolute atomic E-state index is 0.256. The average molecular weight is 354 g/mol. The summed E-state index contributed by atoms with van der Waals surface area (Å²) in [6, 6.07) is 7.67. The Morgan fingerprint density at radius 1 is 1.22 bits per heavy atom. The molecule has 2 heterocycles. The molecule has 23 heavy (non-hydrogen) atoms. The molecule has 1 aromatic heterocycles. The number of nitrogens with zero attached hydrogens (tertiary/aromatic N) is 1. The zero-order valence-electron chi connectivity index (χ0n) is 12.9. The number of hydrogen-bond donors (Lipinski definition) is 1. The summed E-state index contributed by atoms with van der Waals surface area (Å²) in [6.45, 7) is 3.70. The molecule has 1 fully saturated rings. The molecule has 1 aliphatic rings. The smallest absolute Gasteiger partial charge is 0.271 e. The van der Waals surface area contributed by atoms with Crippen LogP contribution in [-0.2, 0) is 16.4 Å². The van der Waals surface area contributed by atoms with E-state index in [1.165, 1.54) is 23.5 Å². The molecule has 0 bridgehead atoms. The Labute approximate surface area is 140 Å². The molecule has 1 saturated heterocycles. The van der Waals surface area contributed by atoms with E-state index in [0.29, 0.717) is 5.69 Å². The van der Waals surface area contributed by atoms with Crippen LogP contribution >= 0.6 is 11.3 Å². The highest BCUT2D eigenvalue weighted by atomic mass is 32.2. The summed E-state index contributed by atoms with van der Waals surface area (Å²) in [6.07, 6.45) is 2.92. The minimum Gasteiger partial charge on any atom is -0.370 e. The molecule has 7 heteroatoms. The highest BCUT2D eigenvalue weighted by molar-refractivity contribution is 7.94. The summed E-state index contributed by atoms with van der Waals surface area (Å²) in [5.74, 6) is -0.453. The number of rotatable bonds is 5. The van der Waals surface area contributed by atoms with Crippen LogP contribution in [-0.4, -0.2) is 21.5 Å². The number of nitrogens with one attached hydrogen (secondary N) is 1. The maximum absolute atomic E-state index is 13.6. The Bertz CT molecular complexity index is 796. The fourth-order valence-corrected chi connectivity index (χ4v) is 5.07. The van der Waals surface area contributed by atoms with Gasteiger partial charge in [0.2, 0.25) is 0 Å². The van der Waals surface area contributed by atoms with Crippen LogP contribution in [0.2, 0.25) is 0 Å². The van der Waals surface area contributed by atoms with Crippen LogP contribution in [0.25, 0.3) is 0 Å². The van der Waals surface area contributed by atoms with Crippen LogP contribution in [0.5, 0.6) is 0 Å². The molecule has 0 radical (unpaired) electrons. The van der Waals surface area contributed by atoms with Crippen molar-refractivity contribution >= 4 is 32.7 Å². The summed E-state index contributed by atoms with van der Waals surface area (Å²) in [5.41, 5.74) is 1.04. The largest absolute Gasteiger partial charge is 0.370 e. The van der Waals surface area contributed by atoms with Crippen LogP contribution in [0.1, 0.15) is 24.6 Å². The molecule has 1 N–H and O–H groups in total. The summed E-state index contributed by atoms with van der Waals surface area (Å²) < 4.78 is 41.6. The fourth-order valence-electron chi connectivity index (χ4n) is 2.71. The normalized spacial score (nSPS) is 15.1. The summed E-state index contributed by atoms with van der Waals surface area (Å²) >= 11 is 1.24. The molecule has 2 aromatic rings. The number of aryl methyl sites for hydroxylation is 1. The number of anilines is 2. The molecule has 4 nitrogen and oxygen atoms in total. The summed E-state index contributed by atoms with van der Waals surface area (Å²) in [5, 5.41) is 0. The zero-order chi connectivity index (χ0) is 16.4. The van der Waals surface area contributed by atoms with Crippen molar-refractivity contribution in [1.82, 2.24) is 0 Å². The van der Waals surface area contributed by atoms with Gasteiger partial charge in [-0.25, -0.2) is 12.8 Å². The van der Waals surface area contributed by atoms with Gasteiger partial charge in [-0.1, -0.05) is 6.92 Å². The highest BCUT2D eigenvalue weighted by Crippen LogP contribution is 2.32. The summed E-state index contributed by atoms with van der Waals surface area (Å²) in [4.78, 5) is 3.09. The second kappa shape index (κ2) is 6.49. The van der Waals surface area contributed by atoms with Gasteiger partial charge < -0.3 is 4.90 Å². The van der Waals surface area contributed by atoms with Crippen molar-refractivity contribution in [3.63, 3.8) is 0 Å². The zero-order valence-corrected chi connectivity index (χ0v) is 14.5. The molecule has 0 aliphatic carbocycles. The molecular formula is C16H19FN2O2S2. The van der Waals surface area contributed by atoms with E-state index in [1.54, 1.807) is 12.1 Å². The number of halogens is 1. The molecule has 1 aliphatic heterocycles. The van der Waals surface area contributed by atoms with Crippen molar-refractivity contribution in [3.8, 4) is 0 Å². The molecule has 1 aromatic carbocycles. The topological polar surface area (TPSA) is 49.4 Å². The third-order valence-corrected chi connectivity index (χ3v) is 6.99. The van der Waals surface area contributed by atoms with Gasteiger partial charge in [0, 0.05) is 24.0 Å². The van der Waals surface area contributed by atoms with Gasteiger partial charge in [-0.05, 0) is 43.5 Å². The molecule has 0 spiro atoms. The third kappa shape index (κ3) is 3.50. The minimum atomic E-state index is -3.70. The van der Waals surface area contributed by atoms with Gasteiger partial charge in [0.1, 0.15) is 10.0 Å². The quantitative estimate of drug-likeness (QED) is 0.887. The Balaban J connectivity index is 1.93. The number of sulfonamides is 1. The SMILES string of the molecule is CCc1ccc(S(=O)(=O)Nc2cc(F)ccc2N2CCCC2)s1. The molecule has 3 rings (SSSR count). The predicted octanol–water partition coefficient (Wildman–Crippen LogP) is 3.85. The molecule has 0 saturated carbocycles. The number of hydrogen-bond acceptors (Lipinski definition) is 4. The van der Waals surface area contributed by atoms with Crippen LogP contribution in [0, 0.1) is 5.82 Å². The van der Waals surface area contributed by atoms with Crippen molar-refractivity contribution in [1.29, 1.82) is 0 Å². The van der Waals surface area contributed by atoms with E-state index in [-0.39, 0.29) is 4.21 Å². The molecular weight excluding hydrogens is 335 g/mol. The van der Waals surface area contributed by atoms with E-state index >= 15 is 0 Å². The first-order chi connectivity index (χ1) is 11.0. The Morgan fingerprint density at radius 3 is 2.61 bits per heavy atom. The van der Waals surface area contributed by atoms with Crippen molar-refractivity contribution in [2.45, 2.75) is 30.4 Å². The molecule has 124 valence electrons. The lowest BCUT2D eigenvalue weighted by Gasteiger charge is -2.21. The van der Waals surface area contributed by atoms with E-state index in [0.717, 1.165) is 42.9 Å². The van der Waals surface area contributed by atoms with Crippen molar-refractivity contribution in [2.24, 2.45) is 0 Å². The Morgan fingerprint density at radius 2 is 1.96 bits per heavy atom. The highest BCUT2D eigenvalue weighted by Gasteiger charge is 2.22. The standard InChI is InChI=1S/C16H19FN2O2S2/c1-2-13-6-8-16(22-13)23(20,21)18-14-11-12(17)5-7-15(14)19-9-3-4-10-19/h5-8,11,18H,2-4,9-10H2,1H3. The van der Waals surface area contributed by atoms with Gasteiger partial charge in [-0.15, -0.1) is 11.3 Å². The maximum Gasteiger partial charge on any atom is 0.271 e. The van der Waals surface area contributed by atoms with Gasteiger partial charge in [-0.3, -0.25) is 4.72 Å². The molecule has 0 amide bonds. The van der Waals surface area contributed by atoms with Crippen LogP contribution in [0.15, 0.2) is 34.5 Å². The first-order valence-corrected chi connectivity index (χ1v) is 9.95. The van der Waals surface area contributed by atoms with Gasteiger partial charge in [0.25, 0.3) is 10.0 Å². The molecule has 0 atom stereocenters. The van der Waals surface area contributed by atoms with Gasteiger partial charge in [-0.2, -0.15) is 0 Å². The third-order valence-electron chi connectivity index (χ3n) is 3.90. The summed E-state index contributed by atoms with van der Waals surface area (Å²) in [7, 11) is -3.70. The van der Waals surface area contributed by atoms with Crippen molar-refractivity contribution < 1.29 is 12.8 Å². The van der Waals surface area contributed by atoms with Crippen LogP contribution in [0.3, 0.4) is 0 Å². The van der Waals surface area contributed by atoms with Gasteiger partial charge in [0.15, 0.2) is 0 Å². The van der Waals surface area contributed by atoms with E-state index in [4.69, 9.17) is 0 Å². The second-order valence-corrected chi connectivity index (χ2v) is 8.61. The fraction of sp³-hybridized carbons (Fsp3) is 0.375. The van der Waals surface area contributed by atoms with Crippen LogP contribution in [0.4, 0.5) is 15.8 Å². The first-order valence-electron chi connectivity index (χ1n) is 7.65. The van der Waals surface area contributed by atoms with Gasteiger partial charge >= 0.3 is 0 Å². The Hall–Kier alpha value is -1.60. The maximum atomic E-state index is 13.6. The van der Waals surface area contributed by atoms with E-state index in [9.17, 15) is 12.8 Å². The molecule has 0 unspecified atom stereocenters. The number of thiophene rings is 1. The van der Waals surface area contributed by atoms with E-state index < -0.39 is 15.8 Å². The van der Waals surface area contributed by atoms with Crippen molar-refractivity contribution in [2.75, 3.05) is 22.7 Å². The lowest BCUT2D eigenvalue weighted by Crippen LogP contribution is -2.21. The average Bonchev–Trinajstić information content (AvgIpc) is 3.18. The Kier molecular flexibility index (Phi) is 4.59. The van der Waals surface area contributed by atoms with Crippen LogP contribution < -0.4 is 9.62 Å². The predicted molar refractivity (Wildman–Crippen MR) is 92.4 cm³/mol. The van der Waals surface area contributed by atoms with Crippen molar-refractivity contribution in [3.05, 3.63) is 41.0 Å². The monoisotopic (exact) mass is 354 g/mol. The first kappa shape index (κ1) is 16.3. The lowest BCUT2D eigenvalue weighted by molar-refractivity contribution is 0.603. The van der Waals surface area contributed by atoms with E-state index in [2.05, 4.69) is 9.62 Å².